The lowest BCUT2D eigenvalue weighted by atomic mass is 10.1. The van der Waals surface area contributed by atoms with Crippen LogP contribution in [0.1, 0.15) is 82.0 Å². The molecule has 5 heteroatoms. The van der Waals surface area contributed by atoms with Crippen molar-refractivity contribution in [1.29, 1.82) is 0 Å². The molecule has 0 aromatic carbocycles. The lowest BCUT2D eigenvalue weighted by Crippen LogP contribution is -2.27. The number of amides is 1. The van der Waals surface area contributed by atoms with Gasteiger partial charge in [0.15, 0.2) is 0 Å². The molecule has 0 saturated carbocycles. The highest BCUT2D eigenvalue weighted by Crippen LogP contribution is 2.11. The Balaban J connectivity index is -0.00000218. The Bertz CT molecular complexity index is 521. The van der Waals surface area contributed by atoms with Gasteiger partial charge in [-0.1, -0.05) is 42.7 Å². The van der Waals surface area contributed by atoms with E-state index in [4.69, 9.17) is 9.47 Å². The molecule has 0 aliphatic heterocycles. The molecule has 0 bridgehead atoms. The van der Waals surface area contributed by atoms with Gasteiger partial charge in [0.25, 0.3) is 0 Å². The first-order valence-corrected chi connectivity index (χ1v) is 10.4. The van der Waals surface area contributed by atoms with Crippen LogP contribution >= 0.6 is 0 Å². The Kier molecular flexibility index (Phi) is 19.8. The number of hydrogen-bond donors (Lipinski definition) is 1. The van der Waals surface area contributed by atoms with Gasteiger partial charge in [0.1, 0.15) is 6.61 Å². The molecule has 0 aromatic heterocycles. The van der Waals surface area contributed by atoms with Crippen LogP contribution in [0.25, 0.3) is 0 Å². The molecule has 5 nitrogen and oxygen atoms in total. The van der Waals surface area contributed by atoms with Crippen LogP contribution in [0.5, 0.6) is 0 Å². The number of ether oxygens (including phenoxy) is 2. The minimum atomic E-state index is -0.520. The van der Waals surface area contributed by atoms with Crippen molar-refractivity contribution in [1.82, 2.24) is 5.32 Å². The summed E-state index contributed by atoms with van der Waals surface area (Å²) < 4.78 is 9.83. The Morgan fingerprint density at radius 3 is 2.00 bits per heavy atom. The smallest absolute Gasteiger partial charge is 0.407 e. The molecule has 0 rings (SSSR count). The van der Waals surface area contributed by atoms with Crippen molar-refractivity contribution in [2.45, 2.75) is 80.6 Å². The first kappa shape index (κ1) is 28.2. The number of nitrogens with one attached hydrogen (secondary N) is 1. The van der Waals surface area contributed by atoms with E-state index in [0.29, 0.717) is 6.61 Å². The van der Waals surface area contributed by atoms with Crippen LogP contribution in [0.15, 0.2) is 34.9 Å². The second-order valence-corrected chi connectivity index (χ2v) is 6.54. The number of allylic oxidation sites excluding steroid dienone is 5. The molecule has 0 unspecified atom stereocenters. The predicted molar refractivity (Wildman–Crippen MR) is 119 cm³/mol. The standard InChI is InChI=1S/C21H35NO4.C2H6.H2/c1-6-25-20(23)13-15-22-21(24)26-16-14-19(5)12-8-11-18(4)10-7-9-17(2)3;1-2;/h9,11,14H,6-8,10,12-13,15-16H2,1-5H3,(H,22,24);1-2H3;1H/b18-11+,19-14+;;. The van der Waals surface area contributed by atoms with Gasteiger partial charge in [-0.05, 0) is 66.4 Å². The van der Waals surface area contributed by atoms with Crippen LogP contribution in [-0.2, 0) is 14.3 Å². The summed E-state index contributed by atoms with van der Waals surface area (Å²) in [7, 11) is 0. The first-order chi connectivity index (χ1) is 13.3. The molecule has 0 radical (unpaired) electrons. The summed E-state index contributed by atoms with van der Waals surface area (Å²) in [5, 5.41) is 2.53. The summed E-state index contributed by atoms with van der Waals surface area (Å²) >= 11 is 0. The van der Waals surface area contributed by atoms with Gasteiger partial charge in [-0.15, -0.1) is 0 Å². The van der Waals surface area contributed by atoms with Crippen LogP contribution in [0.2, 0.25) is 0 Å². The Labute approximate surface area is 173 Å². The fourth-order valence-electron chi connectivity index (χ4n) is 2.15. The van der Waals surface area contributed by atoms with Crippen molar-refractivity contribution in [2.24, 2.45) is 0 Å². The number of alkyl carbamates (subject to hydrolysis) is 1. The van der Waals surface area contributed by atoms with E-state index in [0.717, 1.165) is 25.7 Å². The third-order valence-corrected chi connectivity index (χ3v) is 3.67. The number of rotatable bonds is 12. The van der Waals surface area contributed by atoms with E-state index in [1.807, 2.05) is 26.8 Å². The van der Waals surface area contributed by atoms with Gasteiger partial charge in [0.2, 0.25) is 0 Å². The largest absolute Gasteiger partial charge is 0.466 e. The number of carbonyl (C=O) groups is 2. The maximum absolute atomic E-state index is 11.5. The minimum Gasteiger partial charge on any atom is -0.466 e. The van der Waals surface area contributed by atoms with Gasteiger partial charge in [0, 0.05) is 7.97 Å². The van der Waals surface area contributed by atoms with E-state index in [1.165, 1.54) is 16.7 Å². The summed E-state index contributed by atoms with van der Waals surface area (Å²) in [6, 6.07) is 0. The molecular weight excluding hydrogens is 354 g/mol. The van der Waals surface area contributed by atoms with Gasteiger partial charge < -0.3 is 14.8 Å². The van der Waals surface area contributed by atoms with E-state index in [-0.39, 0.29) is 27.0 Å². The highest BCUT2D eigenvalue weighted by atomic mass is 16.5. The second-order valence-electron chi connectivity index (χ2n) is 6.54. The summed E-state index contributed by atoms with van der Waals surface area (Å²) in [6.07, 6.45) is 10.2. The highest BCUT2D eigenvalue weighted by molar-refractivity contribution is 5.71. The van der Waals surface area contributed by atoms with E-state index in [9.17, 15) is 9.59 Å². The maximum Gasteiger partial charge on any atom is 0.407 e. The summed E-state index contributed by atoms with van der Waals surface area (Å²) in [4.78, 5) is 22.6. The molecule has 0 aromatic rings. The van der Waals surface area contributed by atoms with Crippen LogP contribution in [0.3, 0.4) is 0 Å². The van der Waals surface area contributed by atoms with Gasteiger partial charge in [-0.25, -0.2) is 4.79 Å². The molecule has 0 aliphatic carbocycles. The molecule has 28 heavy (non-hydrogen) atoms. The van der Waals surface area contributed by atoms with Crippen LogP contribution in [0.4, 0.5) is 4.79 Å². The van der Waals surface area contributed by atoms with Crippen molar-refractivity contribution in [2.75, 3.05) is 19.8 Å². The van der Waals surface area contributed by atoms with E-state index in [2.05, 4.69) is 38.2 Å². The molecule has 0 heterocycles. The minimum absolute atomic E-state index is 0. The molecule has 0 fully saturated rings. The monoisotopic (exact) mass is 397 g/mol. The normalized spacial score (nSPS) is 11.1. The maximum atomic E-state index is 11.5. The fraction of sp³-hybridized carbons (Fsp3) is 0.652. The average Bonchev–Trinajstić information content (AvgIpc) is 2.63. The van der Waals surface area contributed by atoms with E-state index < -0.39 is 6.09 Å². The van der Waals surface area contributed by atoms with Crippen LogP contribution < -0.4 is 5.32 Å². The van der Waals surface area contributed by atoms with E-state index >= 15 is 0 Å². The second kappa shape index (κ2) is 19.7. The summed E-state index contributed by atoms with van der Waals surface area (Å²) in [6.45, 7) is 15.0. The van der Waals surface area contributed by atoms with Crippen molar-refractivity contribution < 1.29 is 20.5 Å². The number of carbonyl (C=O) groups excluding carboxylic acids is 2. The Hall–Kier alpha value is -2.04. The van der Waals surface area contributed by atoms with Crippen molar-refractivity contribution in [3.05, 3.63) is 34.9 Å². The fourth-order valence-corrected chi connectivity index (χ4v) is 2.15. The number of hydrogen-bond acceptors (Lipinski definition) is 4. The molecule has 0 aliphatic rings. The first-order valence-electron chi connectivity index (χ1n) is 10.4. The highest BCUT2D eigenvalue weighted by Gasteiger charge is 2.04. The lowest BCUT2D eigenvalue weighted by molar-refractivity contribution is -0.142. The molecular formula is C23H43NO4. The predicted octanol–water partition coefficient (Wildman–Crippen LogP) is 6.36. The van der Waals surface area contributed by atoms with Crippen LogP contribution in [-0.4, -0.2) is 31.8 Å². The Morgan fingerprint density at radius 2 is 1.43 bits per heavy atom. The SMILES string of the molecule is CC.CCOC(=O)CCNC(=O)OC/C=C(\C)CC/C=C(\C)CCC=C(C)C.[HH]. The molecule has 0 saturated heterocycles. The zero-order valence-electron chi connectivity index (χ0n) is 19.0. The molecule has 1 amide bonds. The van der Waals surface area contributed by atoms with Gasteiger partial charge in [-0.3, -0.25) is 4.79 Å². The zero-order chi connectivity index (χ0) is 21.8. The van der Waals surface area contributed by atoms with Crippen molar-refractivity contribution >= 4 is 12.1 Å². The average molecular weight is 398 g/mol. The molecule has 0 atom stereocenters. The third-order valence-electron chi connectivity index (χ3n) is 3.67. The third kappa shape index (κ3) is 20.3. The van der Waals surface area contributed by atoms with Gasteiger partial charge >= 0.3 is 12.1 Å². The summed E-state index contributed by atoms with van der Waals surface area (Å²) in [5.74, 6) is -0.326. The Morgan fingerprint density at radius 1 is 0.857 bits per heavy atom. The van der Waals surface area contributed by atoms with Gasteiger partial charge in [-0.2, -0.15) is 0 Å². The molecule has 0 spiro atoms. The molecule has 1 N–H and O–H groups in total. The lowest BCUT2D eigenvalue weighted by Gasteiger charge is -2.06. The van der Waals surface area contributed by atoms with Crippen molar-refractivity contribution in [3.8, 4) is 0 Å². The van der Waals surface area contributed by atoms with Crippen LogP contribution in [0, 0.1) is 0 Å². The summed E-state index contributed by atoms with van der Waals surface area (Å²) in [5.41, 5.74) is 3.96. The number of esters is 1. The zero-order valence-corrected chi connectivity index (χ0v) is 19.0. The van der Waals surface area contributed by atoms with Gasteiger partial charge in [0.05, 0.1) is 13.0 Å². The van der Waals surface area contributed by atoms with E-state index in [1.54, 1.807) is 6.92 Å². The van der Waals surface area contributed by atoms with Crippen molar-refractivity contribution in [3.63, 3.8) is 0 Å². The quantitative estimate of drug-likeness (QED) is 0.307. The topological polar surface area (TPSA) is 64.6 Å². The molecule has 164 valence electrons.